The van der Waals surface area contributed by atoms with Gasteiger partial charge in [-0.3, -0.25) is 14.6 Å². The molecule has 0 saturated carbocycles. The number of methoxy groups -OCH3 is 1. The van der Waals surface area contributed by atoms with Gasteiger partial charge in [-0.1, -0.05) is 31.0 Å². The summed E-state index contributed by atoms with van der Waals surface area (Å²) >= 11 is 1.32. The first-order valence-electron chi connectivity index (χ1n) is 12.1. The second kappa shape index (κ2) is 12.3. The lowest BCUT2D eigenvalue weighted by Gasteiger charge is -2.15. The lowest BCUT2D eigenvalue weighted by Crippen LogP contribution is -2.28. The molecule has 3 N–H and O–H groups in total. The van der Waals surface area contributed by atoms with Crippen molar-refractivity contribution in [3.8, 4) is 17.0 Å². The Morgan fingerprint density at radius 1 is 1.08 bits per heavy atom. The van der Waals surface area contributed by atoms with Crippen molar-refractivity contribution in [2.75, 3.05) is 20.7 Å². The summed E-state index contributed by atoms with van der Waals surface area (Å²) in [6.07, 6.45) is 7.52. The van der Waals surface area contributed by atoms with E-state index in [2.05, 4.69) is 43.8 Å². The lowest BCUT2D eigenvalue weighted by atomic mass is 9.99. The Labute approximate surface area is 214 Å². The maximum absolute atomic E-state index is 12.5. The van der Waals surface area contributed by atoms with Gasteiger partial charge >= 0.3 is 0 Å². The molecule has 0 aliphatic rings. The Morgan fingerprint density at radius 2 is 1.92 bits per heavy atom. The van der Waals surface area contributed by atoms with Crippen molar-refractivity contribution >= 4 is 33.9 Å². The van der Waals surface area contributed by atoms with E-state index >= 15 is 0 Å². The number of H-pyrrole nitrogens is 1. The minimum atomic E-state index is -0.126. The summed E-state index contributed by atoms with van der Waals surface area (Å²) in [7, 11) is 3.32. The zero-order chi connectivity index (χ0) is 25.3. The predicted molar refractivity (Wildman–Crippen MR) is 142 cm³/mol. The van der Waals surface area contributed by atoms with Gasteiger partial charge in [-0.05, 0) is 41.8 Å². The molecule has 0 fully saturated rings. The summed E-state index contributed by atoms with van der Waals surface area (Å²) in [5.74, 6) is 1.64. The number of carbonyl (C=O) groups is 2. The van der Waals surface area contributed by atoms with Crippen LogP contribution >= 0.6 is 11.3 Å². The quantitative estimate of drug-likeness (QED) is 0.237. The number of thiazole rings is 1. The van der Waals surface area contributed by atoms with E-state index in [9.17, 15) is 9.59 Å². The molecular weight excluding hydrogens is 474 g/mol. The molecule has 0 aliphatic carbocycles. The van der Waals surface area contributed by atoms with E-state index in [-0.39, 0.29) is 17.7 Å². The summed E-state index contributed by atoms with van der Waals surface area (Å²) in [6, 6.07) is 12.3. The van der Waals surface area contributed by atoms with Gasteiger partial charge in [0.05, 0.1) is 30.7 Å². The maximum atomic E-state index is 12.5. The standard InChI is InChI=1S/C27H31N5O3S/c1-28-25(33)7-5-3-4-6-21(14-31-27(34)24-16-29-17-36-24)26-30-15-23(32-26)20-9-8-19-13-22(35-2)11-10-18(19)12-20/h8-13,15-17,21H,3-7,14H2,1-2H3,(H,28,33)(H,30,32)(H,31,34). The van der Waals surface area contributed by atoms with Crippen molar-refractivity contribution in [1.29, 1.82) is 0 Å². The fourth-order valence-electron chi connectivity index (χ4n) is 4.15. The molecule has 0 bridgehead atoms. The minimum absolute atomic E-state index is 0.0281. The van der Waals surface area contributed by atoms with Crippen LogP contribution in [0.4, 0.5) is 0 Å². The van der Waals surface area contributed by atoms with Gasteiger partial charge in [0, 0.05) is 31.5 Å². The topological polar surface area (TPSA) is 109 Å². The number of aromatic nitrogens is 3. The van der Waals surface area contributed by atoms with Crippen LogP contribution in [0.2, 0.25) is 0 Å². The number of unbranched alkanes of at least 4 members (excludes halogenated alkanes) is 2. The fraction of sp³-hybridized carbons (Fsp3) is 0.333. The number of carbonyl (C=O) groups excluding carboxylic acids is 2. The van der Waals surface area contributed by atoms with Crippen LogP contribution in [0.5, 0.6) is 5.75 Å². The second-order valence-electron chi connectivity index (χ2n) is 8.66. The van der Waals surface area contributed by atoms with Crippen LogP contribution in [0.25, 0.3) is 22.0 Å². The van der Waals surface area contributed by atoms with E-state index in [1.54, 1.807) is 25.9 Å². The normalized spacial score (nSPS) is 11.8. The van der Waals surface area contributed by atoms with E-state index in [1.165, 1.54) is 11.3 Å². The molecular formula is C27H31N5O3S. The van der Waals surface area contributed by atoms with Crippen molar-refractivity contribution in [3.05, 3.63) is 65.0 Å². The average Bonchev–Trinajstić information content (AvgIpc) is 3.62. The fourth-order valence-corrected chi connectivity index (χ4v) is 4.69. The highest BCUT2D eigenvalue weighted by Crippen LogP contribution is 2.28. The van der Waals surface area contributed by atoms with Crippen LogP contribution < -0.4 is 15.4 Å². The average molecular weight is 506 g/mol. The molecule has 188 valence electrons. The Balaban J connectivity index is 1.46. The number of nitrogens with one attached hydrogen (secondary N) is 3. The van der Waals surface area contributed by atoms with Crippen LogP contribution in [-0.4, -0.2) is 47.5 Å². The number of nitrogens with zero attached hydrogens (tertiary/aromatic N) is 2. The number of fused-ring (bicyclic) bond motifs is 1. The summed E-state index contributed by atoms with van der Waals surface area (Å²) in [5.41, 5.74) is 3.63. The number of imidazole rings is 1. The molecule has 2 amide bonds. The first kappa shape index (κ1) is 25.4. The number of hydrogen-bond acceptors (Lipinski definition) is 6. The predicted octanol–water partition coefficient (Wildman–Crippen LogP) is 4.91. The Kier molecular flexibility index (Phi) is 8.67. The molecule has 4 aromatic rings. The highest BCUT2D eigenvalue weighted by Gasteiger charge is 2.18. The molecule has 2 aromatic carbocycles. The molecule has 9 heteroatoms. The molecule has 0 saturated heterocycles. The van der Waals surface area contributed by atoms with Gasteiger partial charge in [-0.15, -0.1) is 11.3 Å². The van der Waals surface area contributed by atoms with Crippen LogP contribution in [0.3, 0.4) is 0 Å². The molecule has 1 unspecified atom stereocenters. The molecule has 2 aromatic heterocycles. The van der Waals surface area contributed by atoms with Crippen LogP contribution in [0, 0.1) is 0 Å². The van der Waals surface area contributed by atoms with Gasteiger partial charge in [0.1, 0.15) is 16.5 Å². The number of amides is 2. The van der Waals surface area contributed by atoms with Gasteiger partial charge < -0.3 is 20.4 Å². The highest BCUT2D eigenvalue weighted by atomic mass is 32.1. The van der Waals surface area contributed by atoms with E-state index in [0.717, 1.165) is 59.3 Å². The van der Waals surface area contributed by atoms with Crippen LogP contribution in [0.1, 0.15) is 53.5 Å². The maximum Gasteiger partial charge on any atom is 0.263 e. The highest BCUT2D eigenvalue weighted by molar-refractivity contribution is 7.11. The first-order chi connectivity index (χ1) is 17.6. The molecule has 1 atom stereocenters. The van der Waals surface area contributed by atoms with Crippen molar-refractivity contribution < 1.29 is 14.3 Å². The molecule has 0 radical (unpaired) electrons. The number of benzene rings is 2. The monoisotopic (exact) mass is 505 g/mol. The van der Waals surface area contributed by atoms with E-state index in [4.69, 9.17) is 4.74 Å². The summed E-state index contributed by atoms with van der Waals surface area (Å²) in [6.45, 7) is 0.469. The third-order valence-electron chi connectivity index (χ3n) is 6.24. The molecule has 2 heterocycles. The number of rotatable bonds is 12. The molecule has 8 nitrogen and oxygen atoms in total. The van der Waals surface area contributed by atoms with Crippen molar-refractivity contribution in [2.45, 2.75) is 38.0 Å². The van der Waals surface area contributed by atoms with Crippen molar-refractivity contribution in [2.24, 2.45) is 0 Å². The van der Waals surface area contributed by atoms with E-state index in [0.29, 0.717) is 17.8 Å². The lowest BCUT2D eigenvalue weighted by molar-refractivity contribution is -0.120. The number of hydrogen-bond donors (Lipinski definition) is 3. The van der Waals surface area contributed by atoms with Gasteiger partial charge in [-0.25, -0.2) is 4.98 Å². The van der Waals surface area contributed by atoms with E-state index in [1.807, 2.05) is 24.4 Å². The zero-order valence-corrected chi connectivity index (χ0v) is 21.4. The summed E-state index contributed by atoms with van der Waals surface area (Å²) < 4.78 is 5.33. The number of ether oxygens (including phenoxy) is 1. The second-order valence-corrected chi connectivity index (χ2v) is 9.54. The molecule has 36 heavy (non-hydrogen) atoms. The molecule has 4 rings (SSSR count). The zero-order valence-electron chi connectivity index (χ0n) is 20.5. The Hall–Kier alpha value is -3.72. The van der Waals surface area contributed by atoms with Crippen molar-refractivity contribution in [1.82, 2.24) is 25.6 Å². The largest absolute Gasteiger partial charge is 0.497 e. The Bertz CT molecular complexity index is 1300. The summed E-state index contributed by atoms with van der Waals surface area (Å²) in [4.78, 5) is 36.7. The van der Waals surface area contributed by atoms with Gasteiger partial charge in [0.25, 0.3) is 5.91 Å². The van der Waals surface area contributed by atoms with Gasteiger partial charge in [0.2, 0.25) is 5.91 Å². The molecule has 0 aliphatic heterocycles. The minimum Gasteiger partial charge on any atom is -0.497 e. The SMILES string of the molecule is CNC(=O)CCCCCC(CNC(=O)c1cncs1)c1ncc(-c2ccc3cc(OC)ccc3c2)[nH]1. The first-order valence-corrected chi connectivity index (χ1v) is 13.0. The van der Waals surface area contributed by atoms with Gasteiger partial charge in [0.15, 0.2) is 0 Å². The molecule has 0 spiro atoms. The van der Waals surface area contributed by atoms with Crippen molar-refractivity contribution in [3.63, 3.8) is 0 Å². The Morgan fingerprint density at radius 3 is 2.69 bits per heavy atom. The third-order valence-corrected chi connectivity index (χ3v) is 7.01. The van der Waals surface area contributed by atoms with Crippen LogP contribution in [-0.2, 0) is 4.79 Å². The van der Waals surface area contributed by atoms with E-state index < -0.39 is 0 Å². The van der Waals surface area contributed by atoms with Gasteiger partial charge in [-0.2, -0.15) is 0 Å². The number of aromatic amines is 1. The van der Waals surface area contributed by atoms with Crippen LogP contribution in [0.15, 0.2) is 54.3 Å². The smallest absolute Gasteiger partial charge is 0.263 e. The summed E-state index contributed by atoms with van der Waals surface area (Å²) in [5, 5.41) is 7.92. The third kappa shape index (κ3) is 6.48.